The Morgan fingerprint density at radius 2 is 1.77 bits per heavy atom. The van der Waals surface area contributed by atoms with Crippen LogP contribution in [0.2, 0.25) is 0 Å². The number of nitrogens with one attached hydrogen (secondary N) is 1. The zero-order valence-electron chi connectivity index (χ0n) is 17.6. The number of fused-ring (bicyclic) bond motifs is 1. The molecule has 0 aliphatic carbocycles. The fraction of sp³-hybridized carbons (Fsp3) is 0.417. The topological polar surface area (TPSA) is 47.9 Å². The van der Waals surface area contributed by atoms with Crippen LogP contribution < -0.4 is 5.32 Å². The maximum atomic E-state index is 12.7. The summed E-state index contributed by atoms with van der Waals surface area (Å²) in [7, 11) is 1.80. The summed E-state index contributed by atoms with van der Waals surface area (Å²) in [5, 5.41) is 3.30. The second-order valence-corrected chi connectivity index (χ2v) is 8.03. The van der Waals surface area contributed by atoms with Gasteiger partial charge in [-0.05, 0) is 41.9 Å². The molecule has 0 bridgehead atoms. The number of benzene rings is 2. The average molecular weight is 518 g/mol. The summed E-state index contributed by atoms with van der Waals surface area (Å²) in [6.45, 7) is 3.77. The molecule has 6 heteroatoms. The van der Waals surface area contributed by atoms with Crippen LogP contribution in [0.4, 0.5) is 0 Å². The lowest BCUT2D eigenvalue weighted by atomic mass is 9.99. The second-order valence-electron chi connectivity index (χ2n) is 8.03. The first-order valence-electron chi connectivity index (χ1n) is 10.6. The smallest absolute Gasteiger partial charge is 0.242 e. The van der Waals surface area contributed by atoms with Crippen LogP contribution in [0, 0.1) is 5.92 Å². The van der Waals surface area contributed by atoms with Crippen LogP contribution in [0.1, 0.15) is 23.1 Å². The zero-order valence-corrected chi connectivity index (χ0v) is 19.9. The van der Waals surface area contributed by atoms with E-state index in [9.17, 15) is 4.79 Å². The van der Waals surface area contributed by atoms with Gasteiger partial charge in [-0.1, -0.05) is 54.6 Å². The van der Waals surface area contributed by atoms with Crippen molar-refractivity contribution in [2.24, 2.45) is 10.9 Å². The minimum absolute atomic E-state index is 0. The van der Waals surface area contributed by atoms with E-state index >= 15 is 0 Å². The third-order valence-electron chi connectivity index (χ3n) is 6.05. The number of guanidine groups is 1. The van der Waals surface area contributed by atoms with Crippen molar-refractivity contribution in [3.8, 4) is 0 Å². The first-order valence-corrected chi connectivity index (χ1v) is 10.6. The van der Waals surface area contributed by atoms with E-state index in [1.807, 2.05) is 11.0 Å². The second kappa shape index (κ2) is 10.8. The predicted molar refractivity (Wildman–Crippen MR) is 132 cm³/mol. The lowest BCUT2D eigenvalue weighted by molar-refractivity contribution is -0.130. The van der Waals surface area contributed by atoms with Gasteiger partial charge in [0.25, 0.3) is 0 Å². The molecule has 30 heavy (non-hydrogen) atoms. The van der Waals surface area contributed by atoms with E-state index < -0.39 is 0 Å². The molecule has 0 radical (unpaired) electrons. The van der Waals surface area contributed by atoms with Gasteiger partial charge in [0.2, 0.25) is 5.91 Å². The van der Waals surface area contributed by atoms with Crippen LogP contribution in [-0.4, -0.2) is 54.9 Å². The van der Waals surface area contributed by atoms with Crippen LogP contribution in [0.5, 0.6) is 0 Å². The number of likely N-dealkylation sites (tertiary alicyclic amines) is 1. The summed E-state index contributed by atoms with van der Waals surface area (Å²) in [6, 6.07) is 19.1. The third-order valence-corrected chi connectivity index (χ3v) is 6.05. The standard InChI is InChI=1S/C24H30N4O.HI/c1-25-24(28-13-11-20(17-28)15-19-7-3-2-4-8-19)26-16-23(29)27-14-12-21-9-5-6-10-22(21)18-27;/h2-10,20H,11-18H2,1H3,(H,25,26);1H. The van der Waals surface area contributed by atoms with Gasteiger partial charge in [0.15, 0.2) is 5.96 Å². The van der Waals surface area contributed by atoms with Crippen LogP contribution >= 0.6 is 24.0 Å². The molecule has 2 aromatic rings. The Morgan fingerprint density at radius 1 is 1.03 bits per heavy atom. The molecule has 0 spiro atoms. The summed E-state index contributed by atoms with van der Waals surface area (Å²) >= 11 is 0. The summed E-state index contributed by atoms with van der Waals surface area (Å²) in [5.41, 5.74) is 4.02. The van der Waals surface area contributed by atoms with Crippen molar-refractivity contribution in [3.05, 3.63) is 71.3 Å². The number of halogens is 1. The van der Waals surface area contributed by atoms with Crippen molar-refractivity contribution < 1.29 is 4.79 Å². The van der Waals surface area contributed by atoms with Crippen molar-refractivity contribution >= 4 is 35.8 Å². The largest absolute Gasteiger partial charge is 0.347 e. The fourth-order valence-corrected chi connectivity index (χ4v) is 4.45. The molecule has 1 fully saturated rings. The molecule has 5 nitrogen and oxygen atoms in total. The number of nitrogens with zero attached hydrogens (tertiary/aromatic N) is 3. The molecule has 1 unspecified atom stereocenters. The van der Waals surface area contributed by atoms with Gasteiger partial charge < -0.3 is 15.1 Å². The summed E-state index contributed by atoms with van der Waals surface area (Å²) in [4.78, 5) is 21.4. The van der Waals surface area contributed by atoms with Crippen LogP contribution in [-0.2, 0) is 24.2 Å². The predicted octanol–water partition coefficient (Wildman–Crippen LogP) is 3.33. The van der Waals surface area contributed by atoms with Crippen molar-refractivity contribution in [2.75, 3.05) is 33.2 Å². The van der Waals surface area contributed by atoms with E-state index in [2.05, 4.69) is 63.7 Å². The summed E-state index contributed by atoms with van der Waals surface area (Å²) in [5.74, 6) is 1.61. The Bertz CT molecular complexity index is 871. The monoisotopic (exact) mass is 518 g/mol. The lowest BCUT2D eigenvalue weighted by Crippen LogP contribution is -2.46. The highest BCUT2D eigenvalue weighted by Gasteiger charge is 2.26. The third kappa shape index (κ3) is 5.53. The Kier molecular flexibility index (Phi) is 8.13. The molecule has 2 heterocycles. The number of carbonyl (C=O) groups is 1. The number of aliphatic imine (C=N–C) groups is 1. The van der Waals surface area contributed by atoms with Crippen molar-refractivity contribution in [3.63, 3.8) is 0 Å². The van der Waals surface area contributed by atoms with Crippen molar-refractivity contribution in [2.45, 2.75) is 25.8 Å². The quantitative estimate of drug-likeness (QED) is 0.384. The summed E-state index contributed by atoms with van der Waals surface area (Å²) in [6.07, 6.45) is 3.19. The number of hydrogen-bond donors (Lipinski definition) is 1. The zero-order chi connectivity index (χ0) is 20.1. The van der Waals surface area contributed by atoms with Gasteiger partial charge in [0.1, 0.15) is 0 Å². The average Bonchev–Trinajstić information content (AvgIpc) is 3.22. The number of rotatable bonds is 4. The van der Waals surface area contributed by atoms with E-state index in [0.717, 1.165) is 44.9 Å². The first-order chi connectivity index (χ1) is 14.2. The first kappa shape index (κ1) is 22.6. The highest BCUT2D eigenvalue weighted by molar-refractivity contribution is 14.0. The van der Waals surface area contributed by atoms with E-state index in [4.69, 9.17) is 0 Å². The van der Waals surface area contributed by atoms with Crippen LogP contribution in [0.25, 0.3) is 0 Å². The fourth-order valence-electron chi connectivity index (χ4n) is 4.45. The van der Waals surface area contributed by atoms with Crippen LogP contribution in [0.15, 0.2) is 59.6 Å². The van der Waals surface area contributed by atoms with E-state index in [0.29, 0.717) is 19.0 Å². The molecule has 1 amide bonds. The SMILES string of the molecule is CN=C(NCC(=O)N1CCc2ccccc2C1)N1CCC(Cc2ccccc2)C1.I. The van der Waals surface area contributed by atoms with Gasteiger partial charge in [0, 0.05) is 33.2 Å². The van der Waals surface area contributed by atoms with E-state index in [-0.39, 0.29) is 29.9 Å². The molecule has 2 aromatic carbocycles. The van der Waals surface area contributed by atoms with Gasteiger partial charge in [-0.2, -0.15) is 0 Å². The molecular formula is C24H31IN4O. The molecular weight excluding hydrogens is 487 g/mol. The van der Waals surface area contributed by atoms with Crippen molar-refractivity contribution in [1.82, 2.24) is 15.1 Å². The highest BCUT2D eigenvalue weighted by atomic mass is 127. The molecule has 1 atom stereocenters. The minimum Gasteiger partial charge on any atom is -0.347 e. The van der Waals surface area contributed by atoms with Gasteiger partial charge in [-0.15, -0.1) is 24.0 Å². The van der Waals surface area contributed by atoms with E-state index in [1.54, 1.807) is 7.05 Å². The Hall–Kier alpha value is -2.09. The molecule has 0 aromatic heterocycles. The minimum atomic E-state index is 0. The normalized spacial score (nSPS) is 18.6. The Morgan fingerprint density at radius 3 is 2.53 bits per heavy atom. The maximum absolute atomic E-state index is 12.7. The summed E-state index contributed by atoms with van der Waals surface area (Å²) < 4.78 is 0. The van der Waals surface area contributed by atoms with Gasteiger partial charge in [-0.25, -0.2) is 0 Å². The highest BCUT2D eigenvalue weighted by Crippen LogP contribution is 2.21. The Labute approximate surface area is 196 Å². The molecule has 4 rings (SSSR count). The van der Waals surface area contributed by atoms with Gasteiger partial charge in [0.05, 0.1) is 6.54 Å². The van der Waals surface area contributed by atoms with Crippen LogP contribution in [0.3, 0.4) is 0 Å². The number of carbonyl (C=O) groups excluding carboxylic acids is 1. The Balaban J connectivity index is 0.00000256. The number of hydrogen-bond acceptors (Lipinski definition) is 2. The van der Waals surface area contributed by atoms with Crippen molar-refractivity contribution in [1.29, 1.82) is 0 Å². The molecule has 2 aliphatic heterocycles. The molecule has 0 saturated carbocycles. The molecule has 1 saturated heterocycles. The maximum Gasteiger partial charge on any atom is 0.242 e. The molecule has 2 aliphatic rings. The number of amides is 1. The van der Waals surface area contributed by atoms with Gasteiger partial charge in [-0.3, -0.25) is 9.79 Å². The van der Waals surface area contributed by atoms with Gasteiger partial charge >= 0.3 is 0 Å². The lowest BCUT2D eigenvalue weighted by Gasteiger charge is -2.29. The molecule has 1 N–H and O–H groups in total. The van der Waals surface area contributed by atoms with E-state index in [1.165, 1.54) is 16.7 Å². The molecule has 160 valence electrons.